The fourth-order valence-corrected chi connectivity index (χ4v) is 1.36. The Labute approximate surface area is 74.4 Å². The number of benzene rings is 1. The highest BCUT2D eigenvalue weighted by Gasteiger charge is 2.00. The summed E-state index contributed by atoms with van der Waals surface area (Å²) >= 11 is 0. The average molecular weight is 177 g/mol. The van der Waals surface area contributed by atoms with Gasteiger partial charge in [-0.15, -0.1) is 0 Å². The van der Waals surface area contributed by atoms with E-state index in [1.165, 1.54) is 12.1 Å². The number of carbonyl (C=O) groups excluding carboxylic acids is 1. The molecule has 0 saturated heterocycles. The van der Waals surface area contributed by atoms with Crippen molar-refractivity contribution in [3.05, 3.63) is 35.8 Å². The first-order chi connectivity index (χ1) is 6.29. The molecule has 0 atom stereocenters. The molecule has 0 saturated carbocycles. The van der Waals surface area contributed by atoms with E-state index >= 15 is 0 Å². The van der Waals surface area contributed by atoms with Crippen LogP contribution in [0.1, 0.15) is 5.69 Å². The van der Waals surface area contributed by atoms with Gasteiger partial charge in [0.05, 0.1) is 0 Å². The lowest BCUT2D eigenvalue weighted by Gasteiger charge is -1.88. The molecule has 13 heavy (non-hydrogen) atoms. The summed E-state index contributed by atoms with van der Waals surface area (Å²) < 4.78 is 12.7. The molecule has 0 spiro atoms. The van der Waals surface area contributed by atoms with Crippen molar-refractivity contribution in [2.45, 2.75) is 6.42 Å². The van der Waals surface area contributed by atoms with E-state index in [2.05, 4.69) is 4.98 Å². The van der Waals surface area contributed by atoms with Crippen LogP contribution in [0.15, 0.2) is 24.3 Å². The molecule has 0 fully saturated rings. The quantitative estimate of drug-likeness (QED) is 0.699. The third-order valence-corrected chi connectivity index (χ3v) is 1.94. The summed E-state index contributed by atoms with van der Waals surface area (Å²) in [7, 11) is 0. The number of carbonyl (C=O) groups is 1. The number of hydrogen-bond donors (Lipinski definition) is 1. The van der Waals surface area contributed by atoms with E-state index in [4.69, 9.17) is 0 Å². The van der Waals surface area contributed by atoms with Crippen molar-refractivity contribution in [2.75, 3.05) is 0 Å². The second-order valence-corrected chi connectivity index (χ2v) is 2.90. The highest BCUT2D eigenvalue weighted by Crippen LogP contribution is 2.16. The number of aldehydes is 1. The van der Waals surface area contributed by atoms with Crippen LogP contribution >= 0.6 is 0 Å². The van der Waals surface area contributed by atoms with Gasteiger partial charge in [0.15, 0.2) is 0 Å². The van der Waals surface area contributed by atoms with Crippen LogP contribution in [-0.4, -0.2) is 11.3 Å². The highest BCUT2D eigenvalue weighted by atomic mass is 19.1. The molecule has 0 radical (unpaired) electrons. The Balaban J connectivity index is 2.55. The Hall–Kier alpha value is -1.64. The zero-order valence-electron chi connectivity index (χ0n) is 6.88. The second-order valence-electron chi connectivity index (χ2n) is 2.90. The molecule has 2 rings (SSSR count). The van der Waals surface area contributed by atoms with E-state index in [0.29, 0.717) is 6.42 Å². The first kappa shape index (κ1) is 7.98. The summed E-state index contributed by atoms with van der Waals surface area (Å²) in [4.78, 5) is 13.2. The summed E-state index contributed by atoms with van der Waals surface area (Å²) in [5, 5.41) is 0.929. The van der Waals surface area contributed by atoms with Gasteiger partial charge in [0, 0.05) is 17.6 Å². The maximum Gasteiger partial charge on any atom is 0.125 e. The normalized spacial score (nSPS) is 10.5. The van der Waals surface area contributed by atoms with Crippen molar-refractivity contribution in [2.24, 2.45) is 0 Å². The van der Waals surface area contributed by atoms with E-state index in [-0.39, 0.29) is 5.82 Å². The lowest BCUT2D eigenvalue weighted by atomic mass is 10.2. The van der Waals surface area contributed by atoms with Crippen molar-refractivity contribution >= 4 is 17.2 Å². The second kappa shape index (κ2) is 3.01. The fraction of sp³-hybridized carbons (Fsp3) is 0.100. The molecule has 0 aliphatic heterocycles. The van der Waals surface area contributed by atoms with Gasteiger partial charge in [0.1, 0.15) is 12.1 Å². The van der Waals surface area contributed by atoms with Crippen molar-refractivity contribution in [3.63, 3.8) is 0 Å². The van der Waals surface area contributed by atoms with Gasteiger partial charge in [-0.2, -0.15) is 0 Å². The zero-order chi connectivity index (χ0) is 9.26. The summed E-state index contributed by atoms with van der Waals surface area (Å²) in [6, 6.07) is 6.36. The van der Waals surface area contributed by atoms with Crippen LogP contribution in [-0.2, 0) is 11.2 Å². The number of aromatic amines is 1. The Morgan fingerprint density at radius 1 is 1.38 bits per heavy atom. The molecule has 0 bridgehead atoms. The summed E-state index contributed by atoms with van der Waals surface area (Å²) in [5.74, 6) is -0.271. The predicted octanol–water partition coefficient (Wildman–Crippen LogP) is 2.05. The lowest BCUT2D eigenvalue weighted by Crippen LogP contribution is -1.83. The van der Waals surface area contributed by atoms with Gasteiger partial charge in [0.25, 0.3) is 0 Å². The van der Waals surface area contributed by atoms with Crippen LogP contribution in [0.5, 0.6) is 0 Å². The Kier molecular flexibility index (Phi) is 1.85. The van der Waals surface area contributed by atoms with E-state index < -0.39 is 0 Å². The minimum Gasteiger partial charge on any atom is -0.358 e. The molecular formula is C10H8FNO. The van der Waals surface area contributed by atoms with Crippen molar-refractivity contribution in [3.8, 4) is 0 Å². The molecule has 1 aromatic carbocycles. The standard InChI is InChI=1S/C10H8FNO/c11-8-2-1-7-5-9(3-4-13)12-10(7)6-8/h1-2,4-6,12H,3H2. The SMILES string of the molecule is O=CCc1cc2ccc(F)cc2[nH]1. The molecule has 1 aromatic heterocycles. The van der Waals surface area contributed by atoms with Gasteiger partial charge in [-0.05, 0) is 29.7 Å². The van der Waals surface area contributed by atoms with Crippen molar-refractivity contribution in [1.82, 2.24) is 4.98 Å². The van der Waals surface area contributed by atoms with Crippen LogP contribution in [0.2, 0.25) is 0 Å². The minimum atomic E-state index is -0.271. The Bertz CT molecular complexity index is 447. The Morgan fingerprint density at radius 2 is 2.23 bits per heavy atom. The summed E-state index contributed by atoms with van der Waals surface area (Å²) in [5.41, 5.74) is 1.55. The summed E-state index contributed by atoms with van der Waals surface area (Å²) in [6.45, 7) is 0. The zero-order valence-corrected chi connectivity index (χ0v) is 6.88. The van der Waals surface area contributed by atoms with E-state index in [9.17, 15) is 9.18 Å². The van der Waals surface area contributed by atoms with Crippen molar-refractivity contribution in [1.29, 1.82) is 0 Å². The third kappa shape index (κ3) is 1.45. The number of aromatic nitrogens is 1. The lowest BCUT2D eigenvalue weighted by molar-refractivity contribution is -0.107. The molecule has 0 unspecified atom stereocenters. The van der Waals surface area contributed by atoms with Crippen LogP contribution in [0.4, 0.5) is 4.39 Å². The fourth-order valence-electron chi connectivity index (χ4n) is 1.36. The molecule has 1 heterocycles. The Morgan fingerprint density at radius 3 is 3.00 bits per heavy atom. The van der Waals surface area contributed by atoms with E-state index in [1.54, 1.807) is 6.07 Å². The molecule has 0 aliphatic rings. The van der Waals surface area contributed by atoms with Gasteiger partial charge < -0.3 is 9.78 Å². The molecule has 0 aliphatic carbocycles. The number of H-pyrrole nitrogens is 1. The van der Waals surface area contributed by atoms with Gasteiger partial charge in [-0.3, -0.25) is 0 Å². The molecule has 2 aromatic rings. The number of nitrogens with one attached hydrogen (secondary N) is 1. The monoisotopic (exact) mass is 177 g/mol. The number of halogens is 1. The van der Waals surface area contributed by atoms with Crippen LogP contribution < -0.4 is 0 Å². The molecule has 1 N–H and O–H groups in total. The number of rotatable bonds is 2. The maximum absolute atomic E-state index is 12.7. The third-order valence-electron chi connectivity index (χ3n) is 1.94. The molecule has 66 valence electrons. The predicted molar refractivity (Wildman–Crippen MR) is 48.0 cm³/mol. The van der Waals surface area contributed by atoms with Crippen LogP contribution in [0.25, 0.3) is 10.9 Å². The highest BCUT2D eigenvalue weighted by molar-refractivity contribution is 5.81. The van der Waals surface area contributed by atoms with Gasteiger partial charge in [0.2, 0.25) is 0 Å². The topological polar surface area (TPSA) is 32.9 Å². The first-order valence-electron chi connectivity index (χ1n) is 4.00. The van der Waals surface area contributed by atoms with Gasteiger partial charge in [-0.1, -0.05) is 0 Å². The summed E-state index contributed by atoms with van der Waals surface area (Å²) in [6.07, 6.45) is 1.16. The molecule has 3 heteroatoms. The minimum absolute atomic E-state index is 0.271. The molecular weight excluding hydrogens is 169 g/mol. The average Bonchev–Trinajstić information content (AvgIpc) is 2.46. The maximum atomic E-state index is 12.7. The van der Waals surface area contributed by atoms with E-state index in [1.807, 2.05) is 6.07 Å². The number of fused-ring (bicyclic) bond motifs is 1. The number of hydrogen-bond acceptors (Lipinski definition) is 1. The molecule has 2 nitrogen and oxygen atoms in total. The molecule has 0 amide bonds. The largest absolute Gasteiger partial charge is 0.358 e. The van der Waals surface area contributed by atoms with Gasteiger partial charge in [-0.25, -0.2) is 4.39 Å². The first-order valence-corrected chi connectivity index (χ1v) is 4.00. The van der Waals surface area contributed by atoms with Crippen LogP contribution in [0.3, 0.4) is 0 Å². The van der Waals surface area contributed by atoms with E-state index in [0.717, 1.165) is 22.9 Å². The van der Waals surface area contributed by atoms with Gasteiger partial charge >= 0.3 is 0 Å². The van der Waals surface area contributed by atoms with Crippen LogP contribution in [0, 0.1) is 5.82 Å². The smallest absolute Gasteiger partial charge is 0.125 e. The van der Waals surface area contributed by atoms with Crippen molar-refractivity contribution < 1.29 is 9.18 Å².